The van der Waals surface area contributed by atoms with Crippen molar-refractivity contribution in [3.8, 4) is 0 Å². The minimum atomic E-state index is -0.766. The summed E-state index contributed by atoms with van der Waals surface area (Å²) in [5, 5.41) is 11.5. The lowest BCUT2D eigenvalue weighted by atomic mass is 9.88. The van der Waals surface area contributed by atoms with Crippen LogP contribution in [0.1, 0.15) is 26.0 Å². The molecule has 0 spiro atoms. The molecule has 0 aliphatic carbocycles. The van der Waals surface area contributed by atoms with Gasteiger partial charge in [-0.15, -0.1) is 0 Å². The lowest BCUT2D eigenvalue weighted by molar-refractivity contribution is -0.387. The average molecular weight is 248 g/mol. The molecule has 18 heavy (non-hydrogen) atoms. The molecule has 5 heteroatoms. The zero-order valence-corrected chi connectivity index (χ0v) is 10.2. The summed E-state index contributed by atoms with van der Waals surface area (Å²) < 4.78 is 15.7. The van der Waals surface area contributed by atoms with Crippen molar-refractivity contribution in [2.75, 3.05) is 0 Å². The van der Waals surface area contributed by atoms with E-state index in [4.69, 9.17) is 0 Å². The van der Waals surface area contributed by atoms with Crippen molar-refractivity contribution in [3.63, 3.8) is 0 Å². The van der Waals surface area contributed by atoms with Crippen LogP contribution in [0.15, 0.2) is 18.2 Å². The van der Waals surface area contributed by atoms with Crippen molar-refractivity contribution in [2.45, 2.75) is 32.2 Å². The Balaban J connectivity index is 2.31. The quantitative estimate of drug-likeness (QED) is 0.573. The number of nitrogens with zero attached hydrogens (tertiary/aromatic N) is 2. The molecule has 0 radical (unpaired) electrons. The van der Waals surface area contributed by atoms with Crippen LogP contribution in [0.5, 0.6) is 0 Å². The molecule has 1 aliphatic rings. The molecule has 94 valence electrons. The van der Waals surface area contributed by atoms with Crippen molar-refractivity contribution in [2.24, 2.45) is 0 Å². The number of aromatic nitrogens is 1. The number of halogens is 1. The van der Waals surface area contributed by atoms with E-state index in [0.717, 1.165) is 29.6 Å². The first-order valence-electron chi connectivity index (χ1n) is 5.88. The summed E-state index contributed by atoms with van der Waals surface area (Å²) in [6, 6.07) is 4.54. The monoisotopic (exact) mass is 248 g/mol. The molecule has 0 N–H and O–H groups in total. The van der Waals surface area contributed by atoms with E-state index in [0.29, 0.717) is 0 Å². The van der Waals surface area contributed by atoms with Gasteiger partial charge in [-0.3, -0.25) is 10.1 Å². The minimum Gasteiger partial charge on any atom is -0.344 e. The molecular formula is C13H13FN2O2. The number of nitro groups is 1. The third-order valence-corrected chi connectivity index (χ3v) is 3.82. The maximum absolute atomic E-state index is 13.7. The number of rotatable bonds is 1. The van der Waals surface area contributed by atoms with Gasteiger partial charge in [0, 0.05) is 35.2 Å². The second kappa shape index (κ2) is 3.31. The molecule has 0 unspecified atom stereocenters. The van der Waals surface area contributed by atoms with Gasteiger partial charge in [0.05, 0.1) is 10.4 Å². The van der Waals surface area contributed by atoms with Gasteiger partial charge in [-0.1, -0.05) is 13.8 Å². The highest BCUT2D eigenvalue weighted by molar-refractivity contribution is 5.84. The van der Waals surface area contributed by atoms with Gasteiger partial charge in [0.2, 0.25) is 5.82 Å². The topological polar surface area (TPSA) is 48.1 Å². The van der Waals surface area contributed by atoms with Gasteiger partial charge in [-0.25, -0.2) is 0 Å². The molecule has 0 bridgehead atoms. The SMILES string of the molecule is CC1(C)CCn2c1cc1cc([N+](=O)[O-])c(F)cc12. The Kier molecular flexibility index (Phi) is 2.06. The molecule has 4 nitrogen and oxygen atoms in total. The molecule has 0 saturated heterocycles. The van der Waals surface area contributed by atoms with Crippen LogP contribution in [0.2, 0.25) is 0 Å². The molecule has 0 fully saturated rings. The second-order valence-corrected chi connectivity index (χ2v) is 5.43. The van der Waals surface area contributed by atoms with Crippen LogP contribution in [-0.2, 0) is 12.0 Å². The first kappa shape index (κ1) is 11.2. The van der Waals surface area contributed by atoms with E-state index in [2.05, 4.69) is 18.4 Å². The Morgan fingerprint density at radius 2 is 2.11 bits per heavy atom. The van der Waals surface area contributed by atoms with Gasteiger partial charge in [-0.2, -0.15) is 4.39 Å². The fraction of sp³-hybridized carbons (Fsp3) is 0.385. The lowest BCUT2D eigenvalue weighted by Gasteiger charge is -2.15. The molecule has 0 saturated carbocycles. The third-order valence-electron chi connectivity index (χ3n) is 3.82. The summed E-state index contributed by atoms with van der Waals surface area (Å²) in [6.45, 7) is 5.11. The molecule has 0 atom stereocenters. The molecule has 1 aromatic heterocycles. The van der Waals surface area contributed by atoms with Gasteiger partial charge in [-0.05, 0) is 12.5 Å². The van der Waals surface area contributed by atoms with Crippen LogP contribution in [0, 0.1) is 15.9 Å². The Labute approximate surface area is 103 Å². The van der Waals surface area contributed by atoms with E-state index in [9.17, 15) is 14.5 Å². The van der Waals surface area contributed by atoms with Crippen LogP contribution in [-0.4, -0.2) is 9.49 Å². The zero-order valence-electron chi connectivity index (χ0n) is 10.2. The van der Waals surface area contributed by atoms with E-state index in [-0.39, 0.29) is 5.41 Å². The van der Waals surface area contributed by atoms with E-state index in [1.54, 1.807) is 0 Å². The Bertz CT molecular complexity index is 673. The van der Waals surface area contributed by atoms with E-state index >= 15 is 0 Å². The highest BCUT2D eigenvalue weighted by Crippen LogP contribution is 2.39. The average Bonchev–Trinajstić information content (AvgIpc) is 2.76. The molecular weight excluding hydrogens is 235 g/mol. The maximum Gasteiger partial charge on any atom is 0.305 e. The number of hydrogen-bond donors (Lipinski definition) is 0. The van der Waals surface area contributed by atoms with Gasteiger partial charge >= 0.3 is 5.69 Å². The van der Waals surface area contributed by atoms with Crippen LogP contribution in [0.25, 0.3) is 10.9 Å². The number of nitro benzene ring substituents is 1. The van der Waals surface area contributed by atoms with E-state index in [1.165, 1.54) is 12.1 Å². The number of hydrogen-bond acceptors (Lipinski definition) is 2. The maximum atomic E-state index is 13.7. The first-order valence-corrected chi connectivity index (χ1v) is 5.88. The predicted molar refractivity (Wildman–Crippen MR) is 66.2 cm³/mol. The summed E-state index contributed by atoms with van der Waals surface area (Å²) in [5.41, 5.74) is 1.46. The van der Waals surface area contributed by atoms with Crippen molar-refractivity contribution < 1.29 is 9.31 Å². The fourth-order valence-electron chi connectivity index (χ4n) is 2.73. The fourth-order valence-corrected chi connectivity index (χ4v) is 2.73. The van der Waals surface area contributed by atoms with Crippen LogP contribution >= 0.6 is 0 Å². The highest BCUT2D eigenvalue weighted by Gasteiger charge is 2.32. The van der Waals surface area contributed by atoms with Crippen LogP contribution in [0.4, 0.5) is 10.1 Å². The minimum absolute atomic E-state index is 0.0459. The molecule has 3 rings (SSSR count). The van der Waals surface area contributed by atoms with Crippen LogP contribution in [0.3, 0.4) is 0 Å². The number of fused-ring (bicyclic) bond motifs is 3. The normalized spacial score (nSPS) is 17.1. The van der Waals surface area contributed by atoms with Gasteiger partial charge in [0.1, 0.15) is 0 Å². The molecule has 2 heterocycles. The number of benzene rings is 1. The van der Waals surface area contributed by atoms with E-state index in [1.807, 2.05) is 6.07 Å². The van der Waals surface area contributed by atoms with Crippen molar-refractivity contribution >= 4 is 16.6 Å². The largest absolute Gasteiger partial charge is 0.344 e. The molecule has 0 amide bonds. The summed E-state index contributed by atoms with van der Waals surface area (Å²) in [5.74, 6) is -0.766. The lowest BCUT2D eigenvalue weighted by Crippen LogP contribution is -2.11. The third kappa shape index (κ3) is 1.36. The van der Waals surface area contributed by atoms with E-state index < -0.39 is 16.4 Å². The summed E-state index contributed by atoms with van der Waals surface area (Å²) >= 11 is 0. The Morgan fingerprint density at radius 3 is 2.78 bits per heavy atom. The summed E-state index contributed by atoms with van der Waals surface area (Å²) in [6.07, 6.45) is 1.01. The standard InChI is InChI=1S/C13H13FN2O2/c1-13(2)3-4-15-10-7-9(14)11(16(17)18)5-8(10)6-12(13)15/h5-7H,3-4H2,1-2H3. The Morgan fingerprint density at radius 1 is 1.39 bits per heavy atom. The van der Waals surface area contributed by atoms with Crippen molar-refractivity contribution in [1.29, 1.82) is 0 Å². The predicted octanol–water partition coefficient (Wildman–Crippen LogP) is 3.37. The molecule has 1 aromatic carbocycles. The van der Waals surface area contributed by atoms with Crippen LogP contribution < -0.4 is 0 Å². The second-order valence-electron chi connectivity index (χ2n) is 5.43. The molecule has 2 aromatic rings. The zero-order chi connectivity index (χ0) is 13.1. The summed E-state index contributed by atoms with van der Waals surface area (Å²) in [4.78, 5) is 10.0. The highest BCUT2D eigenvalue weighted by atomic mass is 19.1. The smallest absolute Gasteiger partial charge is 0.305 e. The van der Waals surface area contributed by atoms with Gasteiger partial charge in [0.25, 0.3) is 0 Å². The summed E-state index contributed by atoms with van der Waals surface area (Å²) in [7, 11) is 0. The molecule has 1 aliphatic heterocycles. The van der Waals surface area contributed by atoms with Crippen molar-refractivity contribution in [3.05, 3.63) is 39.8 Å². The first-order chi connectivity index (χ1) is 8.40. The van der Waals surface area contributed by atoms with Gasteiger partial charge < -0.3 is 4.57 Å². The van der Waals surface area contributed by atoms with Gasteiger partial charge in [0.15, 0.2) is 0 Å². The van der Waals surface area contributed by atoms with Crippen molar-refractivity contribution in [1.82, 2.24) is 4.57 Å². The Hall–Kier alpha value is -1.91. The number of aryl methyl sites for hydroxylation is 1.